The molecular formula is C27H31N3O3. The first-order valence-electron chi connectivity index (χ1n) is 11.9. The summed E-state index contributed by atoms with van der Waals surface area (Å²) in [6, 6.07) is 15.2. The average molecular weight is 446 g/mol. The number of H-pyrrole nitrogens is 1. The van der Waals surface area contributed by atoms with Gasteiger partial charge in [-0.05, 0) is 61.6 Å². The Bertz CT molecular complexity index is 1130. The molecule has 0 spiro atoms. The van der Waals surface area contributed by atoms with E-state index < -0.39 is 0 Å². The van der Waals surface area contributed by atoms with Gasteiger partial charge in [-0.1, -0.05) is 12.1 Å². The van der Waals surface area contributed by atoms with E-state index in [0.29, 0.717) is 25.7 Å². The predicted molar refractivity (Wildman–Crippen MR) is 129 cm³/mol. The van der Waals surface area contributed by atoms with Crippen LogP contribution in [0.5, 0.6) is 5.75 Å². The number of nitrogens with one attached hydrogen (secondary N) is 1. The molecule has 2 saturated heterocycles. The molecule has 0 amide bonds. The molecule has 2 aliphatic rings. The zero-order chi connectivity index (χ0) is 22.6. The molecule has 0 radical (unpaired) electrons. The van der Waals surface area contributed by atoms with Crippen LogP contribution >= 0.6 is 0 Å². The summed E-state index contributed by atoms with van der Waals surface area (Å²) in [6.45, 7) is 6.17. The molecule has 1 N–H and O–H groups in total. The minimum absolute atomic E-state index is 0.0599. The van der Waals surface area contributed by atoms with Gasteiger partial charge in [0.25, 0.3) is 0 Å². The Morgan fingerprint density at radius 3 is 2.76 bits per heavy atom. The molecule has 0 unspecified atom stereocenters. The summed E-state index contributed by atoms with van der Waals surface area (Å²) in [6.07, 6.45) is 5.87. The van der Waals surface area contributed by atoms with Gasteiger partial charge in [-0.25, -0.2) is 0 Å². The van der Waals surface area contributed by atoms with Gasteiger partial charge >= 0.3 is 0 Å². The van der Waals surface area contributed by atoms with Crippen LogP contribution in [-0.2, 0) is 9.47 Å². The van der Waals surface area contributed by atoms with E-state index in [1.54, 1.807) is 0 Å². The standard InChI is InChI=1S/C27H31N3O3/c1-19-6-11-24(27-26(19)21(16-28)17-29-27)20-4-2-12-30(18-20)22-7-9-23(10-8-22)31-13-3-5-25-32-14-15-33-25/h6-11,17,20,25,29H,2-5,12-15,18H2,1H3/t20-/m1/s1. The van der Waals surface area contributed by atoms with Gasteiger partial charge in [0.05, 0.1) is 30.9 Å². The molecule has 6 nitrogen and oxygen atoms in total. The normalized spacial score (nSPS) is 19.2. The first-order chi connectivity index (χ1) is 16.2. The number of fused-ring (bicyclic) bond motifs is 1. The number of rotatable bonds is 7. The Morgan fingerprint density at radius 1 is 1.15 bits per heavy atom. The number of aromatic amines is 1. The molecule has 2 aromatic carbocycles. The third-order valence-electron chi connectivity index (χ3n) is 6.80. The monoisotopic (exact) mass is 445 g/mol. The Hall–Kier alpha value is -3.01. The molecule has 33 heavy (non-hydrogen) atoms. The Balaban J connectivity index is 1.22. The lowest BCUT2D eigenvalue weighted by atomic mass is 9.88. The number of anilines is 1. The van der Waals surface area contributed by atoms with Crippen molar-refractivity contribution in [2.24, 2.45) is 0 Å². The smallest absolute Gasteiger partial charge is 0.157 e. The summed E-state index contributed by atoms with van der Waals surface area (Å²) in [4.78, 5) is 5.84. The van der Waals surface area contributed by atoms with E-state index in [0.717, 1.165) is 66.6 Å². The van der Waals surface area contributed by atoms with Crippen LogP contribution in [0.1, 0.15) is 48.3 Å². The molecule has 6 heteroatoms. The van der Waals surface area contributed by atoms with Crippen molar-refractivity contribution in [2.45, 2.75) is 44.8 Å². The third kappa shape index (κ3) is 4.71. The van der Waals surface area contributed by atoms with Gasteiger partial charge in [0, 0.05) is 42.7 Å². The summed E-state index contributed by atoms with van der Waals surface area (Å²) in [5.41, 5.74) is 5.55. The van der Waals surface area contributed by atoms with Gasteiger partial charge in [0.1, 0.15) is 11.8 Å². The molecule has 0 aliphatic carbocycles. The van der Waals surface area contributed by atoms with E-state index in [4.69, 9.17) is 14.2 Å². The highest BCUT2D eigenvalue weighted by Gasteiger charge is 2.24. The second-order valence-electron chi connectivity index (χ2n) is 8.98. The van der Waals surface area contributed by atoms with Crippen molar-refractivity contribution in [2.75, 3.05) is 37.8 Å². The van der Waals surface area contributed by atoms with Gasteiger partial charge in [-0.15, -0.1) is 0 Å². The zero-order valence-corrected chi connectivity index (χ0v) is 19.2. The minimum Gasteiger partial charge on any atom is -0.494 e. The number of hydrogen-bond donors (Lipinski definition) is 1. The van der Waals surface area contributed by atoms with Gasteiger partial charge < -0.3 is 24.1 Å². The molecule has 1 atom stereocenters. The Labute approximate surface area is 195 Å². The lowest BCUT2D eigenvalue weighted by Gasteiger charge is -2.35. The average Bonchev–Trinajstić information content (AvgIpc) is 3.53. The SMILES string of the molecule is Cc1ccc([C@@H]2CCCN(c3ccc(OCCCC4OCCO4)cc3)C2)c2[nH]cc(C#N)c12. The van der Waals surface area contributed by atoms with Crippen molar-refractivity contribution < 1.29 is 14.2 Å². The molecule has 0 bridgehead atoms. The maximum atomic E-state index is 9.48. The fourth-order valence-electron chi connectivity index (χ4n) is 5.10. The second-order valence-corrected chi connectivity index (χ2v) is 8.98. The summed E-state index contributed by atoms with van der Waals surface area (Å²) in [5.74, 6) is 1.33. The largest absolute Gasteiger partial charge is 0.494 e. The van der Waals surface area contributed by atoms with Crippen molar-refractivity contribution in [3.05, 3.63) is 59.3 Å². The number of hydrogen-bond acceptors (Lipinski definition) is 5. The highest BCUT2D eigenvalue weighted by atomic mass is 16.7. The van der Waals surface area contributed by atoms with E-state index >= 15 is 0 Å². The van der Waals surface area contributed by atoms with Crippen molar-refractivity contribution in [3.8, 4) is 11.8 Å². The molecule has 172 valence electrons. The molecular weight excluding hydrogens is 414 g/mol. The molecule has 5 rings (SSSR count). The van der Waals surface area contributed by atoms with Crippen LogP contribution < -0.4 is 9.64 Å². The van der Waals surface area contributed by atoms with Crippen LogP contribution in [0.2, 0.25) is 0 Å². The maximum absolute atomic E-state index is 9.48. The van der Waals surface area contributed by atoms with E-state index in [-0.39, 0.29) is 6.29 Å². The van der Waals surface area contributed by atoms with Crippen LogP contribution in [0.15, 0.2) is 42.6 Å². The van der Waals surface area contributed by atoms with E-state index in [9.17, 15) is 5.26 Å². The number of piperidine rings is 1. The lowest BCUT2D eigenvalue weighted by Crippen LogP contribution is -2.34. The van der Waals surface area contributed by atoms with E-state index in [2.05, 4.69) is 59.3 Å². The van der Waals surface area contributed by atoms with Crippen LogP contribution in [0.3, 0.4) is 0 Å². The number of nitriles is 1. The van der Waals surface area contributed by atoms with Crippen LogP contribution in [0, 0.1) is 18.3 Å². The van der Waals surface area contributed by atoms with Crippen molar-refractivity contribution in [1.82, 2.24) is 4.98 Å². The molecule has 0 saturated carbocycles. The van der Waals surface area contributed by atoms with Crippen molar-refractivity contribution >= 4 is 16.6 Å². The summed E-state index contributed by atoms with van der Waals surface area (Å²) in [7, 11) is 0. The van der Waals surface area contributed by atoms with Crippen LogP contribution in [0.4, 0.5) is 5.69 Å². The van der Waals surface area contributed by atoms with Gasteiger partial charge in [0.2, 0.25) is 0 Å². The minimum atomic E-state index is -0.0599. The number of benzene rings is 2. The zero-order valence-electron chi connectivity index (χ0n) is 19.2. The number of aromatic nitrogens is 1. The highest BCUT2D eigenvalue weighted by Crippen LogP contribution is 2.36. The summed E-state index contributed by atoms with van der Waals surface area (Å²) in [5, 5.41) is 10.6. The number of nitrogens with zero attached hydrogens (tertiary/aromatic N) is 2. The van der Waals surface area contributed by atoms with Crippen molar-refractivity contribution in [1.29, 1.82) is 5.26 Å². The molecule has 2 aliphatic heterocycles. The second kappa shape index (κ2) is 9.86. The lowest BCUT2D eigenvalue weighted by molar-refractivity contribution is -0.0492. The Kier molecular flexibility index (Phi) is 6.52. The van der Waals surface area contributed by atoms with E-state index in [1.165, 1.54) is 11.3 Å². The fraction of sp³-hybridized carbons (Fsp3) is 0.444. The summed E-state index contributed by atoms with van der Waals surface area (Å²) >= 11 is 0. The van der Waals surface area contributed by atoms with E-state index in [1.807, 2.05) is 6.20 Å². The molecule has 1 aromatic heterocycles. The molecule has 3 heterocycles. The van der Waals surface area contributed by atoms with Crippen LogP contribution in [0.25, 0.3) is 10.9 Å². The molecule has 2 fully saturated rings. The fourth-order valence-corrected chi connectivity index (χ4v) is 5.10. The third-order valence-corrected chi connectivity index (χ3v) is 6.80. The molecule has 3 aromatic rings. The maximum Gasteiger partial charge on any atom is 0.157 e. The Morgan fingerprint density at radius 2 is 1.97 bits per heavy atom. The highest BCUT2D eigenvalue weighted by molar-refractivity contribution is 5.91. The first-order valence-corrected chi connectivity index (χ1v) is 11.9. The quantitative estimate of drug-likeness (QED) is 0.502. The van der Waals surface area contributed by atoms with Crippen LogP contribution in [-0.4, -0.2) is 44.2 Å². The van der Waals surface area contributed by atoms with Gasteiger partial charge in [0.15, 0.2) is 6.29 Å². The van der Waals surface area contributed by atoms with Gasteiger partial charge in [-0.2, -0.15) is 5.26 Å². The topological polar surface area (TPSA) is 70.5 Å². The first kappa shape index (κ1) is 21.8. The predicted octanol–water partition coefficient (Wildman–Crippen LogP) is 5.26. The summed E-state index contributed by atoms with van der Waals surface area (Å²) < 4.78 is 16.8. The number of aryl methyl sites for hydroxylation is 1. The van der Waals surface area contributed by atoms with Gasteiger partial charge in [-0.3, -0.25) is 0 Å². The van der Waals surface area contributed by atoms with Crippen molar-refractivity contribution in [3.63, 3.8) is 0 Å². The number of ether oxygens (including phenoxy) is 3.